The number of H-pyrrole nitrogens is 1. The third kappa shape index (κ3) is 2.59. The number of carbonyl (C=O) groups excluding carboxylic acids is 1. The van der Waals surface area contributed by atoms with Crippen molar-refractivity contribution in [3.8, 4) is 11.3 Å². The molecule has 1 N–H and O–H groups in total. The molecule has 0 aliphatic carbocycles. The number of aromatic nitrogens is 2. The van der Waals surface area contributed by atoms with Crippen LogP contribution in [0.4, 0.5) is 4.39 Å². The summed E-state index contributed by atoms with van der Waals surface area (Å²) in [6, 6.07) is 13.2. The number of hydrogen-bond donors (Lipinski definition) is 1. The predicted molar refractivity (Wildman–Crippen MR) is 98.6 cm³/mol. The highest BCUT2D eigenvalue weighted by Gasteiger charge is 2.43. The van der Waals surface area contributed by atoms with E-state index in [1.807, 2.05) is 32.0 Å². The number of halogens is 2. The zero-order valence-electron chi connectivity index (χ0n) is 14.3. The van der Waals surface area contributed by atoms with Gasteiger partial charge in [-0.15, -0.1) is 0 Å². The van der Waals surface area contributed by atoms with Crippen molar-refractivity contribution < 1.29 is 9.18 Å². The van der Waals surface area contributed by atoms with Crippen LogP contribution in [0.3, 0.4) is 0 Å². The van der Waals surface area contributed by atoms with Gasteiger partial charge < -0.3 is 4.90 Å². The Morgan fingerprint density at radius 3 is 2.58 bits per heavy atom. The molecule has 0 fully saturated rings. The van der Waals surface area contributed by atoms with Crippen LogP contribution in [0.15, 0.2) is 48.5 Å². The Labute approximate surface area is 155 Å². The van der Waals surface area contributed by atoms with Gasteiger partial charge >= 0.3 is 0 Å². The van der Waals surface area contributed by atoms with E-state index in [4.69, 9.17) is 11.6 Å². The van der Waals surface area contributed by atoms with E-state index < -0.39 is 6.04 Å². The molecule has 0 bridgehead atoms. The molecule has 0 saturated carbocycles. The first-order valence-electron chi connectivity index (χ1n) is 8.39. The Hall–Kier alpha value is -2.66. The maximum atomic E-state index is 13.9. The summed E-state index contributed by atoms with van der Waals surface area (Å²) in [5.41, 5.74) is 3.49. The average molecular weight is 370 g/mol. The normalized spacial score (nSPS) is 16.4. The van der Waals surface area contributed by atoms with Crippen molar-refractivity contribution >= 4 is 17.5 Å². The number of fused-ring (bicyclic) bond motifs is 1. The Morgan fingerprint density at radius 2 is 1.92 bits per heavy atom. The fraction of sp³-hybridized carbons (Fsp3) is 0.200. The maximum absolute atomic E-state index is 13.9. The minimum atomic E-state index is -0.391. The van der Waals surface area contributed by atoms with E-state index >= 15 is 0 Å². The number of rotatable bonds is 3. The zero-order valence-corrected chi connectivity index (χ0v) is 15.1. The van der Waals surface area contributed by atoms with Crippen LogP contribution in [0.1, 0.15) is 41.5 Å². The summed E-state index contributed by atoms with van der Waals surface area (Å²) in [5, 5.41) is 7.88. The molecule has 1 aliphatic rings. The Morgan fingerprint density at radius 1 is 1.19 bits per heavy atom. The molecule has 0 saturated heterocycles. The molecule has 1 atom stereocenters. The molecular formula is C20H17ClFN3O. The second-order valence-corrected chi connectivity index (χ2v) is 7.07. The Bertz CT molecular complexity index is 981. The molecule has 1 unspecified atom stereocenters. The van der Waals surface area contributed by atoms with Crippen LogP contribution >= 0.6 is 11.6 Å². The van der Waals surface area contributed by atoms with Gasteiger partial charge in [0.1, 0.15) is 11.5 Å². The van der Waals surface area contributed by atoms with Crippen molar-refractivity contribution in [2.45, 2.75) is 25.9 Å². The molecule has 6 heteroatoms. The molecule has 2 aromatic carbocycles. The summed E-state index contributed by atoms with van der Waals surface area (Å²) in [5.74, 6) is -0.458. The molecule has 26 heavy (non-hydrogen) atoms. The fourth-order valence-corrected chi connectivity index (χ4v) is 3.66. The van der Waals surface area contributed by atoms with Crippen LogP contribution in [0, 0.1) is 5.82 Å². The first-order valence-corrected chi connectivity index (χ1v) is 8.77. The number of aromatic amines is 1. The van der Waals surface area contributed by atoms with Crippen molar-refractivity contribution in [2.75, 3.05) is 0 Å². The summed E-state index contributed by atoms with van der Waals surface area (Å²) in [6.45, 7) is 3.90. The zero-order chi connectivity index (χ0) is 18.4. The molecule has 132 valence electrons. The van der Waals surface area contributed by atoms with E-state index in [0.717, 1.165) is 16.7 Å². The lowest BCUT2D eigenvalue weighted by molar-refractivity contribution is 0.0687. The van der Waals surface area contributed by atoms with Gasteiger partial charge in [0, 0.05) is 22.2 Å². The van der Waals surface area contributed by atoms with Crippen LogP contribution in [-0.2, 0) is 0 Å². The number of nitrogens with zero attached hydrogens (tertiary/aromatic N) is 2. The van der Waals surface area contributed by atoms with Gasteiger partial charge in [-0.05, 0) is 43.7 Å². The first-order chi connectivity index (χ1) is 12.5. The lowest BCUT2D eigenvalue weighted by Crippen LogP contribution is -2.35. The highest BCUT2D eigenvalue weighted by Crippen LogP contribution is 2.43. The van der Waals surface area contributed by atoms with E-state index in [1.54, 1.807) is 23.1 Å². The third-order valence-electron chi connectivity index (χ3n) is 4.64. The standard InChI is InChI=1S/C20H17ClFN3O/c1-11(2)25-19(13-4-3-5-15(22)10-13)16-17(23-24-18(16)20(25)26)12-6-8-14(21)9-7-12/h3-11,19H,1-2H3,(H,23,24). The van der Waals surface area contributed by atoms with E-state index in [9.17, 15) is 9.18 Å². The summed E-state index contributed by atoms with van der Waals surface area (Å²) in [7, 11) is 0. The SMILES string of the molecule is CC(C)N1C(=O)c2[nH]nc(-c3ccc(Cl)cc3)c2C1c1cccc(F)c1. The van der Waals surface area contributed by atoms with Crippen LogP contribution in [0.25, 0.3) is 11.3 Å². The molecule has 1 aromatic heterocycles. The van der Waals surface area contributed by atoms with Crippen molar-refractivity contribution in [3.63, 3.8) is 0 Å². The number of hydrogen-bond acceptors (Lipinski definition) is 2. The Balaban J connectivity index is 1.92. The molecule has 2 heterocycles. The Kier molecular flexibility index (Phi) is 4.04. The highest BCUT2D eigenvalue weighted by molar-refractivity contribution is 6.30. The predicted octanol–water partition coefficient (Wildman–Crippen LogP) is 4.82. The number of benzene rings is 2. The van der Waals surface area contributed by atoms with Crippen LogP contribution < -0.4 is 0 Å². The molecule has 0 spiro atoms. The molecule has 1 aliphatic heterocycles. The van der Waals surface area contributed by atoms with Gasteiger partial charge in [0.25, 0.3) is 5.91 Å². The molecule has 0 radical (unpaired) electrons. The van der Waals surface area contributed by atoms with E-state index in [2.05, 4.69) is 10.2 Å². The summed E-state index contributed by atoms with van der Waals surface area (Å²) >= 11 is 5.99. The first kappa shape index (κ1) is 16.8. The van der Waals surface area contributed by atoms with Crippen molar-refractivity contribution in [3.05, 3.63) is 76.2 Å². The topological polar surface area (TPSA) is 49.0 Å². The van der Waals surface area contributed by atoms with E-state index in [0.29, 0.717) is 16.4 Å². The summed E-state index contributed by atoms with van der Waals surface area (Å²) in [4.78, 5) is 14.7. The quantitative estimate of drug-likeness (QED) is 0.719. The van der Waals surface area contributed by atoms with Gasteiger partial charge in [-0.25, -0.2) is 4.39 Å². The minimum absolute atomic E-state index is 0.0466. The van der Waals surface area contributed by atoms with Gasteiger partial charge in [-0.2, -0.15) is 5.10 Å². The second-order valence-electron chi connectivity index (χ2n) is 6.63. The largest absolute Gasteiger partial charge is 0.324 e. The van der Waals surface area contributed by atoms with E-state index in [1.165, 1.54) is 12.1 Å². The van der Waals surface area contributed by atoms with Crippen molar-refractivity contribution in [1.29, 1.82) is 0 Å². The molecule has 4 nitrogen and oxygen atoms in total. The van der Waals surface area contributed by atoms with Crippen LogP contribution in [0.2, 0.25) is 5.02 Å². The van der Waals surface area contributed by atoms with Gasteiger partial charge in [0.05, 0.1) is 11.7 Å². The molecule has 4 rings (SSSR count). The third-order valence-corrected chi connectivity index (χ3v) is 4.89. The lowest BCUT2D eigenvalue weighted by Gasteiger charge is -2.29. The monoisotopic (exact) mass is 369 g/mol. The molecule has 1 amide bonds. The lowest BCUT2D eigenvalue weighted by atomic mass is 9.95. The van der Waals surface area contributed by atoms with Crippen molar-refractivity contribution in [1.82, 2.24) is 15.1 Å². The maximum Gasteiger partial charge on any atom is 0.273 e. The highest BCUT2D eigenvalue weighted by atomic mass is 35.5. The fourth-order valence-electron chi connectivity index (χ4n) is 3.53. The van der Waals surface area contributed by atoms with Gasteiger partial charge in [0.15, 0.2) is 0 Å². The van der Waals surface area contributed by atoms with Crippen LogP contribution in [-0.4, -0.2) is 27.0 Å². The van der Waals surface area contributed by atoms with Crippen LogP contribution in [0.5, 0.6) is 0 Å². The van der Waals surface area contributed by atoms with E-state index in [-0.39, 0.29) is 17.8 Å². The van der Waals surface area contributed by atoms with Gasteiger partial charge in [0.2, 0.25) is 0 Å². The van der Waals surface area contributed by atoms with Gasteiger partial charge in [-0.3, -0.25) is 9.89 Å². The summed E-state index contributed by atoms with van der Waals surface area (Å²) in [6.07, 6.45) is 0. The average Bonchev–Trinajstić information content (AvgIpc) is 3.15. The number of amides is 1. The summed E-state index contributed by atoms with van der Waals surface area (Å²) < 4.78 is 13.9. The van der Waals surface area contributed by atoms with Crippen molar-refractivity contribution in [2.24, 2.45) is 0 Å². The molecule has 3 aromatic rings. The second kappa shape index (κ2) is 6.25. The number of nitrogens with one attached hydrogen (secondary N) is 1. The van der Waals surface area contributed by atoms with Gasteiger partial charge in [-0.1, -0.05) is 35.9 Å². The minimum Gasteiger partial charge on any atom is -0.324 e. The number of carbonyl (C=O) groups is 1. The molecular weight excluding hydrogens is 353 g/mol. The smallest absolute Gasteiger partial charge is 0.273 e.